The lowest BCUT2D eigenvalue weighted by atomic mass is 9.99. The van der Waals surface area contributed by atoms with E-state index in [1.165, 1.54) is 12.1 Å². The SMILES string of the molecule is CC(C)CCc1cn(-c2ccc(-c3ccccc3C(F)(F)F)cc2)nn1. The van der Waals surface area contributed by atoms with E-state index in [2.05, 4.69) is 24.2 Å². The van der Waals surface area contributed by atoms with E-state index in [0.717, 1.165) is 30.3 Å². The van der Waals surface area contributed by atoms with Gasteiger partial charge in [0.05, 0.1) is 23.1 Å². The van der Waals surface area contributed by atoms with Crippen molar-refractivity contribution < 1.29 is 13.2 Å². The molecule has 136 valence electrons. The number of halogens is 3. The first kappa shape index (κ1) is 18.2. The Morgan fingerprint density at radius 2 is 1.69 bits per heavy atom. The predicted octanol–water partition coefficient (Wildman–Crippen LogP) is 5.54. The van der Waals surface area contributed by atoms with E-state index in [1.807, 2.05) is 6.20 Å². The predicted molar refractivity (Wildman–Crippen MR) is 95.0 cm³/mol. The molecule has 2 aromatic carbocycles. The van der Waals surface area contributed by atoms with Gasteiger partial charge in [0.1, 0.15) is 0 Å². The van der Waals surface area contributed by atoms with Crippen molar-refractivity contribution >= 4 is 0 Å². The highest BCUT2D eigenvalue weighted by Gasteiger charge is 2.33. The van der Waals surface area contributed by atoms with E-state index in [9.17, 15) is 13.2 Å². The number of aryl methyl sites for hydroxylation is 1. The van der Waals surface area contributed by atoms with Crippen molar-refractivity contribution in [1.29, 1.82) is 0 Å². The van der Waals surface area contributed by atoms with Crippen LogP contribution in [0.3, 0.4) is 0 Å². The molecule has 0 atom stereocenters. The fourth-order valence-electron chi connectivity index (χ4n) is 2.75. The van der Waals surface area contributed by atoms with Crippen LogP contribution in [0.4, 0.5) is 13.2 Å². The molecule has 0 fully saturated rings. The molecule has 1 heterocycles. The summed E-state index contributed by atoms with van der Waals surface area (Å²) >= 11 is 0. The Labute approximate surface area is 150 Å². The Balaban J connectivity index is 1.84. The molecule has 0 bridgehead atoms. The van der Waals surface area contributed by atoms with E-state index in [0.29, 0.717) is 11.5 Å². The Hall–Kier alpha value is -2.63. The maximum Gasteiger partial charge on any atom is 0.417 e. The summed E-state index contributed by atoms with van der Waals surface area (Å²) in [7, 11) is 0. The Bertz CT molecular complexity index is 865. The molecule has 0 spiro atoms. The minimum Gasteiger partial charge on any atom is -0.220 e. The number of rotatable bonds is 5. The lowest BCUT2D eigenvalue weighted by Gasteiger charge is -2.13. The highest BCUT2D eigenvalue weighted by atomic mass is 19.4. The highest BCUT2D eigenvalue weighted by molar-refractivity contribution is 5.69. The van der Waals surface area contributed by atoms with Gasteiger partial charge in [0, 0.05) is 0 Å². The molecule has 26 heavy (non-hydrogen) atoms. The molecule has 0 aliphatic rings. The van der Waals surface area contributed by atoms with Crippen LogP contribution in [-0.2, 0) is 12.6 Å². The summed E-state index contributed by atoms with van der Waals surface area (Å²) in [4.78, 5) is 0. The third-order valence-electron chi connectivity index (χ3n) is 4.19. The maximum atomic E-state index is 13.2. The molecular weight excluding hydrogens is 339 g/mol. The van der Waals surface area contributed by atoms with Gasteiger partial charge in [-0.25, -0.2) is 4.68 Å². The van der Waals surface area contributed by atoms with E-state index in [-0.39, 0.29) is 5.56 Å². The van der Waals surface area contributed by atoms with Gasteiger partial charge < -0.3 is 0 Å². The van der Waals surface area contributed by atoms with E-state index < -0.39 is 11.7 Å². The van der Waals surface area contributed by atoms with Crippen molar-refractivity contribution in [3.8, 4) is 16.8 Å². The molecule has 0 aliphatic carbocycles. The second kappa shape index (κ2) is 7.32. The first-order valence-electron chi connectivity index (χ1n) is 8.53. The second-order valence-electron chi connectivity index (χ2n) is 6.68. The van der Waals surface area contributed by atoms with Crippen LogP contribution in [-0.4, -0.2) is 15.0 Å². The van der Waals surface area contributed by atoms with Crippen LogP contribution in [0.2, 0.25) is 0 Å². The van der Waals surface area contributed by atoms with Gasteiger partial charge in [0.2, 0.25) is 0 Å². The Morgan fingerprint density at radius 3 is 2.35 bits per heavy atom. The van der Waals surface area contributed by atoms with Crippen molar-refractivity contribution in [3.63, 3.8) is 0 Å². The smallest absolute Gasteiger partial charge is 0.220 e. The second-order valence-corrected chi connectivity index (χ2v) is 6.68. The first-order chi connectivity index (χ1) is 12.3. The van der Waals surface area contributed by atoms with E-state index >= 15 is 0 Å². The van der Waals surface area contributed by atoms with Crippen LogP contribution in [0.15, 0.2) is 54.7 Å². The normalized spacial score (nSPS) is 11.9. The lowest BCUT2D eigenvalue weighted by Crippen LogP contribution is -2.06. The van der Waals surface area contributed by atoms with Gasteiger partial charge >= 0.3 is 6.18 Å². The molecule has 0 aliphatic heterocycles. The van der Waals surface area contributed by atoms with Crippen LogP contribution in [0.1, 0.15) is 31.5 Å². The summed E-state index contributed by atoms with van der Waals surface area (Å²) in [5, 5.41) is 8.27. The number of aromatic nitrogens is 3. The minimum absolute atomic E-state index is 0.169. The summed E-state index contributed by atoms with van der Waals surface area (Å²) in [5.74, 6) is 0.591. The number of benzene rings is 2. The van der Waals surface area contributed by atoms with Gasteiger partial charge in [-0.15, -0.1) is 5.10 Å². The Kier molecular flexibility index (Phi) is 5.11. The van der Waals surface area contributed by atoms with E-state index in [4.69, 9.17) is 0 Å². The maximum absolute atomic E-state index is 13.2. The molecule has 0 saturated carbocycles. The van der Waals surface area contributed by atoms with Crippen LogP contribution < -0.4 is 0 Å². The van der Waals surface area contributed by atoms with Gasteiger partial charge in [-0.2, -0.15) is 13.2 Å². The average molecular weight is 359 g/mol. The van der Waals surface area contributed by atoms with Crippen LogP contribution >= 0.6 is 0 Å². The standard InChI is InChI=1S/C20H20F3N3/c1-14(2)7-10-16-13-26(25-24-16)17-11-8-15(9-12-17)18-5-3-4-6-19(18)20(21,22)23/h3-6,8-9,11-14H,7,10H2,1-2H3. The van der Waals surface area contributed by atoms with Crippen molar-refractivity contribution in [3.05, 3.63) is 66.0 Å². The molecule has 0 unspecified atom stereocenters. The average Bonchev–Trinajstić information content (AvgIpc) is 3.08. The summed E-state index contributed by atoms with van der Waals surface area (Å²) in [5.41, 5.74) is 1.72. The Morgan fingerprint density at radius 1 is 1.00 bits per heavy atom. The van der Waals surface area contributed by atoms with Crippen molar-refractivity contribution in [2.45, 2.75) is 32.9 Å². The molecule has 3 rings (SSSR count). The molecule has 0 radical (unpaired) electrons. The number of nitrogens with zero attached hydrogens (tertiary/aromatic N) is 3. The van der Waals surface area contributed by atoms with Crippen LogP contribution in [0.5, 0.6) is 0 Å². The molecule has 0 N–H and O–H groups in total. The zero-order valence-corrected chi connectivity index (χ0v) is 14.7. The first-order valence-corrected chi connectivity index (χ1v) is 8.53. The molecule has 6 heteroatoms. The molecular formula is C20H20F3N3. The van der Waals surface area contributed by atoms with Crippen molar-refractivity contribution in [2.24, 2.45) is 5.92 Å². The monoisotopic (exact) mass is 359 g/mol. The summed E-state index contributed by atoms with van der Waals surface area (Å²) < 4.78 is 41.2. The number of hydrogen-bond donors (Lipinski definition) is 0. The third kappa shape index (κ3) is 4.12. The fraction of sp³-hybridized carbons (Fsp3) is 0.300. The summed E-state index contributed by atoms with van der Waals surface area (Å²) in [6.45, 7) is 4.31. The van der Waals surface area contributed by atoms with Gasteiger partial charge in [-0.1, -0.05) is 49.4 Å². The molecule has 0 saturated heterocycles. The summed E-state index contributed by atoms with van der Waals surface area (Å²) in [6, 6.07) is 12.4. The van der Waals surface area contributed by atoms with Crippen molar-refractivity contribution in [1.82, 2.24) is 15.0 Å². The largest absolute Gasteiger partial charge is 0.417 e. The topological polar surface area (TPSA) is 30.7 Å². The summed E-state index contributed by atoms with van der Waals surface area (Å²) in [6.07, 6.45) is -0.631. The zero-order chi connectivity index (χ0) is 18.7. The third-order valence-corrected chi connectivity index (χ3v) is 4.19. The highest BCUT2D eigenvalue weighted by Crippen LogP contribution is 2.37. The molecule has 3 aromatic rings. The molecule has 3 nitrogen and oxygen atoms in total. The van der Waals surface area contributed by atoms with Crippen LogP contribution in [0.25, 0.3) is 16.8 Å². The van der Waals surface area contributed by atoms with Gasteiger partial charge in [0.15, 0.2) is 0 Å². The minimum atomic E-state index is -4.38. The van der Waals surface area contributed by atoms with Gasteiger partial charge in [0.25, 0.3) is 0 Å². The fourth-order valence-corrected chi connectivity index (χ4v) is 2.75. The van der Waals surface area contributed by atoms with Gasteiger partial charge in [-0.05, 0) is 48.1 Å². The quantitative estimate of drug-likeness (QED) is 0.599. The lowest BCUT2D eigenvalue weighted by molar-refractivity contribution is -0.137. The number of hydrogen-bond acceptors (Lipinski definition) is 2. The zero-order valence-electron chi connectivity index (χ0n) is 14.7. The van der Waals surface area contributed by atoms with Crippen molar-refractivity contribution in [2.75, 3.05) is 0 Å². The van der Waals surface area contributed by atoms with E-state index in [1.54, 1.807) is 35.0 Å². The molecule has 1 aromatic heterocycles. The van der Waals surface area contributed by atoms with Crippen LogP contribution in [0, 0.1) is 5.92 Å². The molecule has 0 amide bonds. The number of alkyl halides is 3. The van der Waals surface area contributed by atoms with Gasteiger partial charge in [-0.3, -0.25) is 0 Å².